The van der Waals surface area contributed by atoms with E-state index in [1.54, 1.807) is 11.3 Å². The number of nitrogens with zero attached hydrogens (tertiary/aromatic N) is 3. The summed E-state index contributed by atoms with van der Waals surface area (Å²) in [6, 6.07) is 14.7. The summed E-state index contributed by atoms with van der Waals surface area (Å²) in [4.78, 5) is 13.5. The summed E-state index contributed by atoms with van der Waals surface area (Å²) in [6.45, 7) is 0. The molecule has 0 saturated carbocycles. The molecule has 1 aliphatic carbocycles. The predicted molar refractivity (Wildman–Crippen MR) is 110 cm³/mol. The van der Waals surface area contributed by atoms with Gasteiger partial charge in [0.1, 0.15) is 0 Å². The van der Waals surface area contributed by atoms with E-state index in [0.29, 0.717) is 11.6 Å². The smallest absolute Gasteiger partial charge is 0.208 e. The second-order valence-electron chi connectivity index (χ2n) is 6.17. The number of aromatic nitrogens is 3. The van der Waals surface area contributed by atoms with Gasteiger partial charge < -0.3 is 0 Å². The van der Waals surface area contributed by atoms with E-state index in [2.05, 4.69) is 64.6 Å². The van der Waals surface area contributed by atoms with Crippen LogP contribution >= 0.6 is 22.9 Å². The first kappa shape index (κ1) is 15.7. The van der Waals surface area contributed by atoms with Gasteiger partial charge in [-0.05, 0) is 36.6 Å². The highest BCUT2D eigenvalue weighted by Gasteiger charge is 2.15. The van der Waals surface area contributed by atoms with Gasteiger partial charge in [-0.25, -0.2) is 4.98 Å². The van der Waals surface area contributed by atoms with E-state index in [4.69, 9.17) is 16.6 Å². The van der Waals surface area contributed by atoms with Gasteiger partial charge in [0, 0.05) is 31.3 Å². The van der Waals surface area contributed by atoms with Crippen LogP contribution in [0, 0.1) is 0 Å². The number of rotatable bonds is 2. The molecule has 1 aliphatic rings. The second-order valence-corrected chi connectivity index (χ2v) is 7.56. The van der Waals surface area contributed by atoms with E-state index >= 15 is 0 Å². The van der Waals surface area contributed by atoms with Gasteiger partial charge in [-0.3, -0.25) is 0 Å². The Bertz CT molecular complexity index is 1210. The van der Waals surface area contributed by atoms with Gasteiger partial charge >= 0.3 is 0 Å². The van der Waals surface area contributed by atoms with Crippen molar-refractivity contribution in [1.29, 1.82) is 0 Å². The van der Waals surface area contributed by atoms with Crippen molar-refractivity contribution in [3.05, 3.63) is 71.8 Å². The monoisotopic (exact) mass is 375 g/mol. The van der Waals surface area contributed by atoms with Crippen molar-refractivity contribution in [2.75, 3.05) is 0 Å². The molecule has 2 aromatic heterocycles. The van der Waals surface area contributed by atoms with Crippen LogP contribution in [-0.2, 0) is 0 Å². The maximum atomic E-state index is 6.24. The maximum absolute atomic E-state index is 6.24. The van der Waals surface area contributed by atoms with Crippen molar-refractivity contribution < 1.29 is 0 Å². The minimum Gasteiger partial charge on any atom is -0.208 e. The van der Waals surface area contributed by atoms with Crippen LogP contribution < -0.4 is 0 Å². The average Bonchev–Trinajstić information content (AvgIpc) is 3.07. The molecule has 126 valence electrons. The molecule has 26 heavy (non-hydrogen) atoms. The lowest BCUT2D eigenvalue weighted by Crippen LogP contribution is -2.00. The Labute approximate surface area is 159 Å². The summed E-state index contributed by atoms with van der Waals surface area (Å²) < 4.78 is 2.43. The largest absolute Gasteiger partial charge is 0.226 e. The molecule has 0 aliphatic heterocycles. The number of halogens is 1. The number of hydrogen-bond acceptors (Lipinski definition) is 4. The SMILES string of the molecule is Clc1nc(C2=CCCC=C2)nc(-c2cccc3c2sc2ccccc23)n1. The van der Waals surface area contributed by atoms with Crippen molar-refractivity contribution >= 4 is 48.7 Å². The minimum atomic E-state index is 0.225. The fraction of sp³-hybridized carbons (Fsp3) is 0.0952. The highest BCUT2D eigenvalue weighted by Crippen LogP contribution is 2.39. The summed E-state index contributed by atoms with van der Waals surface area (Å²) in [5, 5.41) is 2.70. The van der Waals surface area contributed by atoms with Crippen LogP contribution in [0.5, 0.6) is 0 Å². The van der Waals surface area contributed by atoms with E-state index in [-0.39, 0.29) is 5.28 Å². The van der Waals surface area contributed by atoms with Gasteiger partial charge in [0.05, 0.1) is 0 Å². The third kappa shape index (κ3) is 2.62. The lowest BCUT2D eigenvalue weighted by molar-refractivity contribution is 1.00. The average molecular weight is 376 g/mol. The molecular weight excluding hydrogens is 362 g/mol. The molecule has 0 atom stereocenters. The zero-order valence-electron chi connectivity index (χ0n) is 13.8. The van der Waals surface area contributed by atoms with Crippen molar-refractivity contribution in [1.82, 2.24) is 15.0 Å². The molecule has 0 saturated heterocycles. The first-order chi connectivity index (χ1) is 12.8. The van der Waals surface area contributed by atoms with Gasteiger partial charge in [-0.15, -0.1) is 11.3 Å². The quantitative estimate of drug-likeness (QED) is 0.413. The summed E-state index contributed by atoms with van der Waals surface area (Å²) in [5.41, 5.74) is 2.00. The van der Waals surface area contributed by atoms with E-state index in [1.807, 2.05) is 6.07 Å². The predicted octanol–water partition coefficient (Wildman–Crippen LogP) is 6.29. The lowest BCUT2D eigenvalue weighted by atomic mass is 10.1. The van der Waals surface area contributed by atoms with Gasteiger partial charge in [0.2, 0.25) is 5.28 Å². The Hall–Kier alpha value is -2.56. The Balaban J connectivity index is 1.74. The number of hydrogen-bond donors (Lipinski definition) is 0. The summed E-state index contributed by atoms with van der Waals surface area (Å²) in [6.07, 6.45) is 8.39. The summed E-state index contributed by atoms with van der Waals surface area (Å²) in [5.74, 6) is 1.26. The topological polar surface area (TPSA) is 38.7 Å². The van der Waals surface area contributed by atoms with Crippen molar-refractivity contribution in [2.24, 2.45) is 0 Å². The van der Waals surface area contributed by atoms with Gasteiger partial charge in [0.25, 0.3) is 0 Å². The molecule has 0 spiro atoms. The van der Waals surface area contributed by atoms with E-state index < -0.39 is 0 Å². The lowest BCUT2D eigenvalue weighted by Gasteiger charge is -2.08. The molecule has 5 heteroatoms. The first-order valence-corrected chi connectivity index (χ1v) is 9.68. The van der Waals surface area contributed by atoms with Gasteiger partial charge in [-0.1, -0.05) is 48.6 Å². The van der Waals surface area contributed by atoms with E-state index in [1.165, 1.54) is 20.2 Å². The molecule has 0 radical (unpaired) electrons. The second kappa shape index (κ2) is 6.31. The third-order valence-corrected chi connectivity index (χ3v) is 5.90. The molecular formula is C21H14ClN3S. The van der Waals surface area contributed by atoms with Gasteiger partial charge in [0.15, 0.2) is 11.6 Å². The Morgan fingerprint density at radius 3 is 2.58 bits per heavy atom. The molecule has 2 heterocycles. The highest BCUT2D eigenvalue weighted by atomic mass is 35.5. The maximum Gasteiger partial charge on any atom is 0.226 e. The van der Waals surface area contributed by atoms with Crippen LogP contribution in [0.3, 0.4) is 0 Å². The number of allylic oxidation sites excluding steroid dienone is 4. The number of fused-ring (bicyclic) bond motifs is 3. The van der Waals surface area contributed by atoms with Crippen molar-refractivity contribution in [2.45, 2.75) is 12.8 Å². The van der Waals surface area contributed by atoms with Crippen LogP contribution in [-0.4, -0.2) is 15.0 Å². The molecule has 4 aromatic rings. The van der Waals surface area contributed by atoms with Crippen molar-refractivity contribution in [3.63, 3.8) is 0 Å². The molecule has 3 nitrogen and oxygen atoms in total. The number of thiophene rings is 1. The molecule has 0 fully saturated rings. The molecule has 0 amide bonds. The summed E-state index contributed by atoms with van der Waals surface area (Å²) >= 11 is 8.00. The zero-order valence-corrected chi connectivity index (χ0v) is 15.4. The Morgan fingerprint density at radius 2 is 1.69 bits per heavy atom. The number of benzene rings is 2. The molecule has 0 bridgehead atoms. The minimum absolute atomic E-state index is 0.225. The zero-order chi connectivity index (χ0) is 17.5. The molecule has 2 aromatic carbocycles. The standard InChI is InChI=1S/C21H14ClN3S/c22-21-24-19(13-7-2-1-3-8-13)23-20(25-21)16-11-6-10-15-14-9-4-5-12-17(14)26-18(15)16/h2,4-12H,1,3H2. The van der Waals surface area contributed by atoms with Crippen LogP contribution in [0.4, 0.5) is 0 Å². The fourth-order valence-electron chi connectivity index (χ4n) is 3.30. The van der Waals surface area contributed by atoms with Crippen LogP contribution in [0.15, 0.2) is 60.7 Å². The van der Waals surface area contributed by atoms with Crippen LogP contribution in [0.2, 0.25) is 5.28 Å². The Kier molecular flexibility index (Phi) is 3.80. The van der Waals surface area contributed by atoms with Gasteiger partial charge in [-0.2, -0.15) is 9.97 Å². The van der Waals surface area contributed by atoms with Crippen LogP contribution in [0.25, 0.3) is 37.1 Å². The molecule has 5 rings (SSSR count). The highest BCUT2D eigenvalue weighted by molar-refractivity contribution is 7.26. The summed E-state index contributed by atoms with van der Waals surface area (Å²) in [7, 11) is 0. The van der Waals surface area contributed by atoms with Crippen molar-refractivity contribution in [3.8, 4) is 11.4 Å². The third-order valence-electron chi connectivity index (χ3n) is 4.51. The molecule has 0 unspecified atom stereocenters. The molecule has 0 N–H and O–H groups in total. The Morgan fingerprint density at radius 1 is 0.846 bits per heavy atom. The normalized spacial score (nSPS) is 14.1. The van der Waals surface area contributed by atoms with E-state index in [9.17, 15) is 0 Å². The fourth-order valence-corrected chi connectivity index (χ4v) is 4.67. The first-order valence-electron chi connectivity index (χ1n) is 8.49. The van der Waals surface area contributed by atoms with E-state index in [0.717, 1.165) is 24.0 Å². The van der Waals surface area contributed by atoms with Crippen LogP contribution in [0.1, 0.15) is 18.7 Å².